The van der Waals surface area contributed by atoms with E-state index in [1.54, 1.807) is 18.6 Å². The van der Waals surface area contributed by atoms with Crippen LogP contribution >= 0.6 is 15.9 Å². The van der Waals surface area contributed by atoms with Crippen molar-refractivity contribution in [3.8, 4) is 0 Å². The molecule has 0 amide bonds. The van der Waals surface area contributed by atoms with Crippen LogP contribution in [0.1, 0.15) is 17.4 Å². The summed E-state index contributed by atoms with van der Waals surface area (Å²) in [6.45, 7) is 0. The van der Waals surface area contributed by atoms with Gasteiger partial charge in [-0.15, -0.1) is 0 Å². The molecule has 0 aliphatic carbocycles. The van der Waals surface area contributed by atoms with E-state index in [-0.39, 0.29) is 6.04 Å². The fraction of sp³-hybridized carbons (Fsp3) is 0.200. The zero-order valence-electron chi connectivity index (χ0n) is 8.02. The number of H-pyrrole nitrogens is 1. The number of hydrogen-bond donors (Lipinski definition) is 2. The van der Waals surface area contributed by atoms with Gasteiger partial charge in [-0.05, 0) is 34.0 Å². The minimum absolute atomic E-state index is 0.115. The smallest absolute Gasteiger partial charge is 0.123 e. The molecule has 0 saturated carbocycles. The number of nitrogens with zero attached hydrogens (tertiary/aromatic N) is 2. The van der Waals surface area contributed by atoms with Crippen molar-refractivity contribution in [1.82, 2.24) is 15.0 Å². The lowest BCUT2D eigenvalue weighted by Crippen LogP contribution is -2.15. The number of pyridine rings is 1. The monoisotopic (exact) mass is 266 g/mol. The zero-order valence-corrected chi connectivity index (χ0v) is 9.61. The Bertz CT molecular complexity index is 427. The van der Waals surface area contributed by atoms with Gasteiger partial charge < -0.3 is 10.7 Å². The van der Waals surface area contributed by atoms with E-state index >= 15 is 0 Å². The Kier molecular flexibility index (Phi) is 3.13. The molecule has 0 radical (unpaired) electrons. The maximum atomic E-state index is 5.98. The zero-order chi connectivity index (χ0) is 10.7. The Morgan fingerprint density at radius 2 is 2.33 bits per heavy atom. The molecule has 1 atom stereocenters. The van der Waals surface area contributed by atoms with Crippen LogP contribution in [-0.4, -0.2) is 15.0 Å². The van der Waals surface area contributed by atoms with Crippen LogP contribution in [-0.2, 0) is 6.42 Å². The van der Waals surface area contributed by atoms with Crippen molar-refractivity contribution < 1.29 is 0 Å². The van der Waals surface area contributed by atoms with E-state index in [1.165, 1.54) is 0 Å². The van der Waals surface area contributed by atoms with Crippen LogP contribution in [0.4, 0.5) is 0 Å². The van der Waals surface area contributed by atoms with Crippen molar-refractivity contribution in [3.05, 3.63) is 46.7 Å². The highest BCUT2D eigenvalue weighted by Gasteiger charge is 2.09. The molecule has 5 heteroatoms. The molecule has 78 valence electrons. The standard InChI is InChI=1S/C10H11BrN4/c11-8-3-7(5-13-6-8)4-9(12)10-14-1-2-15-10/h1-3,5-6,9H,4,12H2,(H,14,15). The number of imidazole rings is 1. The summed E-state index contributed by atoms with van der Waals surface area (Å²) in [6, 6.07) is 1.89. The molecule has 0 spiro atoms. The Morgan fingerprint density at radius 1 is 1.47 bits per heavy atom. The van der Waals surface area contributed by atoms with Crippen molar-refractivity contribution in [3.63, 3.8) is 0 Å². The first-order valence-corrected chi connectivity index (χ1v) is 5.39. The molecule has 1 unspecified atom stereocenters. The molecule has 0 fully saturated rings. The maximum Gasteiger partial charge on any atom is 0.123 e. The minimum atomic E-state index is -0.115. The summed E-state index contributed by atoms with van der Waals surface area (Å²) in [4.78, 5) is 11.2. The van der Waals surface area contributed by atoms with E-state index in [4.69, 9.17) is 5.73 Å². The molecule has 2 heterocycles. The second-order valence-corrected chi connectivity index (χ2v) is 4.21. The second-order valence-electron chi connectivity index (χ2n) is 3.30. The van der Waals surface area contributed by atoms with Crippen LogP contribution < -0.4 is 5.73 Å². The molecule has 2 aromatic heterocycles. The van der Waals surface area contributed by atoms with Gasteiger partial charge in [0.25, 0.3) is 0 Å². The summed E-state index contributed by atoms with van der Waals surface area (Å²) in [6.07, 6.45) is 7.76. The van der Waals surface area contributed by atoms with E-state index < -0.39 is 0 Å². The molecule has 0 aliphatic rings. The molecule has 15 heavy (non-hydrogen) atoms. The minimum Gasteiger partial charge on any atom is -0.347 e. The molecule has 3 N–H and O–H groups in total. The van der Waals surface area contributed by atoms with E-state index in [0.29, 0.717) is 0 Å². The average Bonchev–Trinajstić information content (AvgIpc) is 2.70. The SMILES string of the molecule is NC(Cc1cncc(Br)c1)c1ncc[nH]1. The molecular formula is C10H11BrN4. The predicted molar refractivity (Wildman–Crippen MR) is 61.2 cm³/mol. The summed E-state index contributed by atoms with van der Waals surface area (Å²) >= 11 is 3.37. The number of nitrogens with one attached hydrogen (secondary N) is 1. The number of hydrogen-bond acceptors (Lipinski definition) is 3. The molecule has 2 rings (SSSR count). The van der Waals surface area contributed by atoms with E-state index in [0.717, 1.165) is 22.3 Å². The topological polar surface area (TPSA) is 67.6 Å². The third-order valence-electron chi connectivity index (χ3n) is 2.09. The average molecular weight is 267 g/mol. The van der Waals surface area contributed by atoms with Crippen LogP contribution in [0.5, 0.6) is 0 Å². The molecule has 0 aromatic carbocycles. The summed E-state index contributed by atoms with van der Waals surface area (Å²) in [5, 5.41) is 0. The highest BCUT2D eigenvalue weighted by molar-refractivity contribution is 9.10. The lowest BCUT2D eigenvalue weighted by atomic mass is 10.1. The van der Waals surface area contributed by atoms with Crippen LogP contribution in [0.3, 0.4) is 0 Å². The van der Waals surface area contributed by atoms with Gasteiger partial charge in [-0.1, -0.05) is 0 Å². The summed E-state index contributed by atoms with van der Waals surface area (Å²) in [5.41, 5.74) is 7.08. The van der Waals surface area contributed by atoms with Gasteiger partial charge in [0.15, 0.2) is 0 Å². The van der Waals surface area contributed by atoms with Gasteiger partial charge in [0.2, 0.25) is 0 Å². The fourth-order valence-corrected chi connectivity index (χ4v) is 1.81. The fourth-order valence-electron chi connectivity index (χ4n) is 1.40. The lowest BCUT2D eigenvalue weighted by molar-refractivity contribution is 0.676. The highest BCUT2D eigenvalue weighted by Crippen LogP contribution is 2.15. The maximum absolute atomic E-state index is 5.98. The summed E-state index contributed by atoms with van der Waals surface area (Å²) < 4.78 is 0.964. The third-order valence-corrected chi connectivity index (χ3v) is 2.52. The van der Waals surface area contributed by atoms with Crippen molar-refractivity contribution in [1.29, 1.82) is 0 Å². The van der Waals surface area contributed by atoms with Crippen LogP contribution in [0.25, 0.3) is 0 Å². The Hall–Kier alpha value is -1.20. The third kappa shape index (κ3) is 2.64. The Labute approximate surface area is 96.1 Å². The number of aromatic amines is 1. The van der Waals surface area contributed by atoms with Gasteiger partial charge in [0.1, 0.15) is 5.82 Å². The first kappa shape index (κ1) is 10.3. The van der Waals surface area contributed by atoms with Gasteiger partial charge in [0, 0.05) is 29.3 Å². The number of aromatic nitrogens is 3. The summed E-state index contributed by atoms with van der Waals surface area (Å²) in [7, 11) is 0. The first-order chi connectivity index (χ1) is 7.25. The molecule has 2 aromatic rings. The van der Waals surface area contributed by atoms with E-state index in [9.17, 15) is 0 Å². The van der Waals surface area contributed by atoms with Gasteiger partial charge in [-0.3, -0.25) is 4.98 Å². The number of nitrogens with two attached hydrogens (primary N) is 1. The van der Waals surface area contributed by atoms with Crippen molar-refractivity contribution in [2.45, 2.75) is 12.5 Å². The first-order valence-electron chi connectivity index (χ1n) is 4.60. The van der Waals surface area contributed by atoms with Gasteiger partial charge in [0.05, 0.1) is 6.04 Å². The second kappa shape index (κ2) is 4.55. The van der Waals surface area contributed by atoms with Crippen LogP contribution in [0, 0.1) is 0 Å². The van der Waals surface area contributed by atoms with Crippen molar-refractivity contribution in [2.24, 2.45) is 5.73 Å². The van der Waals surface area contributed by atoms with Crippen LogP contribution in [0.15, 0.2) is 35.3 Å². The highest BCUT2D eigenvalue weighted by atomic mass is 79.9. The lowest BCUT2D eigenvalue weighted by Gasteiger charge is -2.08. The van der Waals surface area contributed by atoms with Crippen molar-refractivity contribution >= 4 is 15.9 Å². The molecule has 0 bridgehead atoms. The van der Waals surface area contributed by atoms with Gasteiger partial charge >= 0.3 is 0 Å². The molecule has 0 saturated heterocycles. The number of rotatable bonds is 3. The van der Waals surface area contributed by atoms with Crippen molar-refractivity contribution in [2.75, 3.05) is 0 Å². The summed E-state index contributed by atoms with van der Waals surface area (Å²) in [5.74, 6) is 0.801. The Morgan fingerprint density at radius 3 is 3.00 bits per heavy atom. The Balaban J connectivity index is 2.09. The van der Waals surface area contributed by atoms with Gasteiger partial charge in [-0.2, -0.15) is 0 Å². The largest absolute Gasteiger partial charge is 0.347 e. The van der Waals surface area contributed by atoms with Crippen LogP contribution in [0.2, 0.25) is 0 Å². The molecular weight excluding hydrogens is 256 g/mol. The number of halogens is 1. The molecule has 0 aliphatic heterocycles. The van der Waals surface area contributed by atoms with E-state index in [2.05, 4.69) is 30.9 Å². The molecule has 4 nitrogen and oxygen atoms in total. The normalized spacial score (nSPS) is 12.7. The van der Waals surface area contributed by atoms with E-state index in [1.807, 2.05) is 12.3 Å². The van der Waals surface area contributed by atoms with Gasteiger partial charge in [-0.25, -0.2) is 4.98 Å². The predicted octanol–water partition coefficient (Wildman–Crippen LogP) is 1.81. The quantitative estimate of drug-likeness (QED) is 0.891.